The van der Waals surface area contributed by atoms with Gasteiger partial charge in [-0.3, -0.25) is 4.79 Å². The first-order valence-corrected chi connectivity index (χ1v) is 10.5. The maximum atomic E-state index is 12.4. The highest BCUT2D eigenvalue weighted by Crippen LogP contribution is 2.22. The van der Waals surface area contributed by atoms with E-state index in [1.165, 1.54) is 28.0 Å². The first-order chi connectivity index (χ1) is 11.2. The summed E-state index contributed by atoms with van der Waals surface area (Å²) >= 11 is 7.56. The van der Waals surface area contributed by atoms with E-state index in [0.717, 1.165) is 6.26 Å². The van der Waals surface area contributed by atoms with Gasteiger partial charge in [0.1, 0.15) is 6.04 Å². The second kappa shape index (κ2) is 7.65. The summed E-state index contributed by atoms with van der Waals surface area (Å²) in [6.07, 6.45) is 1.07. The lowest BCUT2D eigenvalue weighted by atomic mass is 10.2. The molecular formula is C16H20ClN2O3S2+. The van der Waals surface area contributed by atoms with Crippen molar-refractivity contribution < 1.29 is 18.1 Å². The van der Waals surface area contributed by atoms with Gasteiger partial charge < -0.3 is 10.2 Å². The molecule has 0 aliphatic heterocycles. The van der Waals surface area contributed by atoms with Crippen LogP contribution in [0.4, 0.5) is 0 Å². The fourth-order valence-electron chi connectivity index (χ4n) is 2.30. The first kappa shape index (κ1) is 18.9. The fraction of sp³-hybridized carbons (Fsp3) is 0.312. The molecule has 0 bridgehead atoms. The summed E-state index contributed by atoms with van der Waals surface area (Å²) < 4.78 is 23.4. The molecule has 0 fully saturated rings. The number of quaternary nitrogens is 1. The molecule has 0 saturated carbocycles. The predicted octanol–water partition coefficient (Wildman–Crippen LogP) is 1.42. The van der Waals surface area contributed by atoms with Crippen LogP contribution in [0.3, 0.4) is 0 Å². The van der Waals surface area contributed by atoms with Crippen LogP contribution in [0, 0.1) is 0 Å². The van der Waals surface area contributed by atoms with Crippen molar-refractivity contribution in [2.45, 2.75) is 10.9 Å². The fourth-order valence-corrected chi connectivity index (χ4v) is 4.56. The van der Waals surface area contributed by atoms with Crippen LogP contribution in [0.1, 0.15) is 21.3 Å². The SMILES string of the molecule is C[NH+](C)[C@@H](CNC(=O)c1ccc(Cl)c(S(C)(=O)=O)c1)c1cccs1. The summed E-state index contributed by atoms with van der Waals surface area (Å²) in [5.41, 5.74) is 0.276. The van der Waals surface area contributed by atoms with Crippen molar-refractivity contribution in [3.05, 3.63) is 51.2 Å². The molecule has 2 rings (SSSR count). The predicted molar refractivity (Wildman–Crippen MR) is 96.8 cm³/mol. The summed E-state index contributed by atoms with van der Waals surface area (Å²) in [6, 6.07) is 8.43. The molecule has 0 unspecified atom stereocenters. The van der Waals surface area contributed by atoms with Gasteiger partial charge in [0.2, 0.25) is 0 Å². The van der Waals surface area contributed by atoms with E-state index in [2.05, 4.69) is 5.32 Å². The highest BCUT2D eigenvalue weighted by molar-refractivity contribution is 7.90. The van der Waals surface area contributed by atoms with Gasteiger partial charge in [-0.2, -0.15) is 0 Å². The van der Waals surface area contributed by atoms with Crippen molar-refractivity contribution in [1.29, 1.82) is 0 Å². The molecule has 0 radical (unpaired) electrons. The Balaban J connectivity index is 2.15. The number of amides is 1. The minimum absolute atomic E-state index is 0.0372. The summed E-state index contributed by atoms with van der Waals surface area (Å²) in [6.45, 7) is 0.457. The van der Waals surface area contributed by atoms with Gasteiger partial charge in [0.15, 0.2) is 9.84 Å². The Kier molecular flexibility index (Phi) is 6.03. The Hall–Kier alpha value is -1.41. The van der Waals surface area contributed by atoms with Crippen LogP contribution in [0.2, 0.25) is 5.02 Å². The smallest absolute Gasteiger partial charge is 0.251 e. The van der Waals surface area contributed by atoms with Crippen LogP contribution in [0.15, 0.2) is 40.6 Å². The lowest BCUT2D eigenvalue weighted by Crippen LogP contribution is -3.06. The van der Waals surface area contributed by atoms with Crippen molar-refractivity contribution in [3.63, 3.8) is 0 Å². The zero-order valence-corrected chi connectivity index (χ0v) is 16.1. The van der Waals surface area contributed by atoms with Crippen molar-refractivity contribution >= 4 is 38.7 Å². The number of hydrogen-bond acceptors (Lipinski definition) is 4. The number of benzene rings is 1. The molecule has 130 valence electrons. The van der Waals surface area contributed by atoms with Gasteiger partial charge in [0.25, 0.3) is 5.91 Å². The third-order valence-electron chi connectivity index (χ3n) is 3.64. The summed E-state index contributed by atoms with van der Waals surface area (Å²) in [4.78, 5) is 14.7. The standard InChI is InChI=1S/C16H19ClN2O3S2/c1-19(2)13(14-5-4-8-23-14)10-18-16(20)11-6-7-12(17)15(9-11)24(3,21)22/h4-9,13H,10H2,1-3H3,(H,18,20)/p+1/t13-/m0/s1. The number of sulfone groups is 1. The number of thiophene rings is 1. The Morgan fingerprint density at radius 1 is 1.33 bits per heavy atom. The van der Waals surface area contributed by atoms with Gasteiger partial charge in [-0.15, -0.1) is 11.3 Å². The van der Waals surface area contributed by atoms with Gasteiger partial charge in [0, 0.05) is 11.8 Å². The quantitative estimate of drug-likeness (QED) is 0.787. The number of rotatable bonds is 6. The molecule has 8 heteroatoms. The molecule has 5 nitrogen and oxygen atoms in total. The molecule has 1 aromatic heterocycles. The molecule has 2 aromatic rings. The third kappa shape index (κ3) is 4.57. The van der Waals surface area contributed by atoms with E-state index in [1.54, 1.807) is 11.3 Å². The van der Waals surface area contributed by atoms with E-state index in [-0.39, 0.29) is 27.4 Å². The van der Waals surface area contributed by atoms with Crippen LogP contribution >= 0.6 is 22.9 Å². The molecule has 1 heterocycles. The van der Waals surface area contributed by atoms with Gasteiger partial charge >= 0.3 is 0 Å². The lowest BCUT2D eigenvalue weighted by Gasteiger charge is -2.20. The van der Waals surface area contributed by atoms with E-state index in [4.69, 9.17) is 11.6 Å². The Morgan fingerprint density at radius 2 is 2.04 bits per heavy atom. The molecule has 1 atom stereocenters. The number of nitrogens with one attached hydrogen (secondary N) is 2. The molecule has 0 spiro atoms. The maximum Gasteiger partial charge on any atom is 0.251 e. The summed E-state index contributed by atoms with van der Waals surface area (Å²) in [5, 5.41) is 4.99. The van der Waals surface area contributed by atoms with Crippen LogP contribution < -0.4 is 10.2 Å². The lowest BCUT2D eigenvalue weighted by molar-refractivity contribution is -0.890. The molecule has 1 aromatic carbocycles. The van der Waals surface area contributed by atoms with Crippen LogP contribution in [-0.4, -0.2) is 41.2 Å². The average molecular weight is 388 g/mol. The van der Waals surface area contributed by atoms with Crippen LogP contribution in [0.5, 0.6) is 0 Å². The van der Waals surface area contributed by atoms with Crippen molar-refractivity contribution in [2.75, 3.05) is 26.9 Å². The number of likely N-dealkylation sites (N-methyl/N-ethyl adjacent to an activating group) is 1. The van der Waals surface area contributed by atoms with Crippen molar-refractivity contribution in [3.8, 4) is 0 Å². The molecule has 0 aliphatic rings. The van der Waals surface area contributed by atoms with Crippen molar-refractivity contribution in [1.82, 2.24) is 5.32 Å². The summed E-state index contributed by atoms with van der Waals surface area (Å²) in [5.74, 6) is -0.320. The van der Waals surface area contributed by atoms with E-state index in [1.807, 2.05) is 31.6 Å². The van der Waals surface area contributed by atoms with Gasteiger partial charge in [0.05, 0.1) is 35.4 Å². The summed E-state index contributed by atoms with van der Waals surface area (Å²) in [7, 11) is 0.573. The highest BCUT2D eigenvalue weighted by atomic mass is 35.5. The number of carbonyl (C=O) groups is 1. The average Bonchev–Trinajstić information content (AvgIpc) is 3.00. The zero-order valence-electron chi connectivity index (χ0n) is 13.7. The second-order valence-corrected chi connectivity index (χ2v) is 9.14. The number of carbonyl (C=O) groups excluding carboxylic acids is 1. The van der Waals surface area contributed by atoms with E-state index in [9.17, 15) is 13.2 Å². The van der Waals surface area contributed by atoms with E-state index >= 15 is 0 Å². The van der Waals surface area contributed by atoms with Gasteiger partial charge in [-0.05, 0) is 29.6 Å². The largest absolute Gasteiger partial charge is 0.346 e. The van der Waals surface area contributed by atoms with E-state index in [0.29, 0.717) is 6.54 Å². The Morgan fingerprint density at radius 3 is 2.58 bits per heavy atom. The first-order valence-electron chi connectivity index (χ1n) is 7.31. The maximum absolute atomic E-state index is 12.4. The van der Waals surface area contributed by atoms with E-state index < -0.39 is 9.84 Å². The van der Waals surface area contributed by atoms with Gasteiger partial charge in [-0.1, -0.05) is 17.7 Å². The molecular weight excluding hydrogens is 368 g/mol. The molecule has 0 aliphatic carbocycles. The second-order valence-electron chi connectivity index (χ2n) is 5.77. The Labute approximate surface area is 151 Å². The zero-order chi connectivity index (χ0) is 17.9. The monoisotopic (exact) mass is 387 g/mol. The minimum Gasteiger partial charge on any atom is -0.346 e. The molecule has 0 saturated heterocycles. The molecule has 24 heavy (non-hydrogen) atoms. The number of hydrogen-bond donors (Lipinski definition) is 2. The highest BCUT2D eigenvalue weighted by Gasteiger charge is 2.21. The van der Waals surface area contributed by atoms with Crippen molar-refractivity contribution in [2.24, 2.45) is 0 Å². The molecule has 2 N–H and O–H groups in total. The minimum atomic E-state index is -3.48. The van der Waals surface area contributed by atoms with Crippen LogP contribution in [-0.2, 0) is 9.84 Å². The Bertz CT molecular complexity index is 818. The topological polar surface area (TPSA) is 67.7 Å². The normalized spacial score (nSPS) is 13.0. The van der Waals surface area contributed by atoms with Crippen LogP contribution in [0.25, 0.3) is 0 Å². The number of halogens is 1. The molecule has 1 amide bonds. The van der Waals surface area contributed by atoms with Gasteiger partial charge in [-0.25, -0.2) is 8.42 Å². The third-order valence-corrected chi connectivity index (χ3v) is 6.21.